The molecule has 3 aromatic rings. The molecule has 17 heteroatoms. The van der Waals surface area contributed by atoms with Gasteiger partial charge in [-0.25, -0.2) is 4.79 Å². The van der Waals surface area contributed by atoms with Gasteiger partial charge in [-0.15, -0.1) is 0 Å². The first-order valence-corrected chi connectivity index (χ1v) is 22.0. The van der Waals surface area contributed by atoms with Gasteiger partial charge in [-0.2, -0.15) is 0 Å². The Labute approximate surface area is 368 Å². The van der Waals surface area contributed by atoms with Gasteiger partial charge in [0.1, 0.15) is 18.1 Å². The second-order valence-corrected chi connectivity index (χ2v) is 17.6. The molecule has 0 aliphatic carbocycles. The highest BCUT2D eigenvalue weighted by Crippen LogP contribution is 2.43. The van der Waals surface area contributed by atoms with Crippen LogP contribution in [0.25, 0.3) is 16.7 Å². The normalized spacial score (nSPS) is 20.2. The molecule has 8 N–H and O–H groups in total. The van der Waals surface area contributed by atoms with Gasteiger partial charge in [-0.3, -0.25) is 23.7 Å². The second-order valence-electron chi connectivity index (χ2n) is 17.6. The Morgan fingerprint density at radius 3 is 2.38 bits per heavy atom. The van der Waals surface area contributed by atoms with Crippen LogP contribution in [0.2, 0.25) is 0 Å². The first-order chi connectivity index (χ1) is 30.4. The number of hydrogen-bond acceptors (Lipinski definition) is 13. The summed E-state index contributed by atoms with van der Waals surface area (Å²) in [6, 6.07) is 12.0. The number of phenolic OH excluding ortho intramolecular Hbond substituents is 1. The molecule has 63 heavy (non-hydrogen) atoms. The zero-order chi connectivity index (χ0) is 44.9. The topological polar surface area (TPSA) is 223 Å². The third-order valence-electron chi connectivity index (χ3n) is 13.5. The molecule has 17 nitrogen and oxygen atoms in total. The number of benzene rings is 2. The lowest BCUT2D eigenvalue weighted by Gasteiger charge is -2.61. The van der Waals surface area contributed by atoms with E-state index in [1.165, 1.54) is 10.8 Å². The van der Waals surface area contributed by atoms with Crippen LogP contribution in [-0.4, -0.2) is 132 Å². The molecule has 4 fully saturated rings. The molecule has 2 aromatic carbocycles. The van der Waals surface area contributed by atoms with E-state index >= 15 is 0 Å². The number of amides is 2. The smallest absolute Gasteiger partial charge is 0.329 e. The standard InChI is InChI=1S/C46H63N11O6/c1-50-19-13-40(49)63-46(17-23-54(24-18-46)33(27-47)26-35(48)34-8-4-5-12-39(34)59)43(61)56-30-45(31-56)28-53(29-45)20-14-32-15-21-55(22-16-32)36-9-6-10-37-41(36)52(3)44(62)57(37)38(11-7-25-58)42(60)51-2/h4-6,8-10,12-13,19,25-27,32,38,59H,7,11,14-18,20-24,28-31,47-49H2,1-3H3,(H,51,60)/b33-27+,35-26-,40-13+,50-19?. The number of fused-ring (bicyclic) bond motifs is 1. The van der Waals surface area contributed by atoms with Crippen LogP contribution in [0.15, 0.2) is 82.2 Å². The van der Waals surface area contributed by atoms with Crippen LogP contribution in [0.3, 0.4) is 0 Å². The van der Waals surface area contributed by atoms with E-state index in [2.05, 4.69) is 25.0 Å². The number of nitrogens with two attached hydrogens (primary N) is 3. The highest BCUT2D eigenvalue weighted by Gasteiger charge is 2.57. The number of imidazole rings is 1. The Balaban J connectivity index is 0.914. The SMILES string of the molecule is CN=C/C=C(\N)OC1(C(=O)N2CC3(CN(CCC4CCN(c5cccc6c5n(C)c(=O)n6C(CCC=O)C(=O)NC)CC4)C3)C2)CCN(C(/C=C(\N)c2ccccc2O)=C/N)CC1. The van der Waals surface area contributed by atoms with E-state index in [0.29, 0.717) is 67.4 Å². The molecule has 4 saturated heterocycles. The number of ether oxygens (including phenoxy) is 1. The molecule has 0 radical (unpaired) electrons. The number of likely N-dealkylation sites (N-methyl/N-ethyl adjacent to an activating group) is 1. The number of anilines is 1. The summed E-state index contributed by atoms with van der Waals surface area (Å²) in [4.78, 5) is 64.8. The second kappa shape index (κ2) is 19.0. The highest BCUT2D eigenvalue weighted by atomic mass is 16.5. The molecule has 1 unspecified atom stereocenters. The summed E-state index contributed by atoms with van der Waals surface area (Å²) in [6.07, 6.45) is 11.5. The van der Waals surface area contributed by atoms with E-state index in [1.54, 1.807) is 68.3 Å². The number of aromatic nitrogens is 2. The number of carbonyl (C=O) groups excluding carboxylic acids is 3. The third-order valence-corrected chi connectivity index (χ3v) is 13.5. The fourth-order valence-electron chi connectivity index (χ4n) is 10.1. The van der Waals surface area contributed by atoms with Crippen molar-refractivity contribution in [3.05, 3.63) is 88.4 Å². The van der Waals surface area contributed by atoms with Crippen LogP contribution >= 0.6 is 0 Å². The van der Waals surface area contributed by atoms with Gasteiger partial charge in [0.25, 0.3) is 5.91 Å². The van der Waals surface area contributed by atoms with Crippen molar-refractivity contribution < 1.29 is 24.2 Å². The van der Waals surface area contributed by atoms with Crippen molar-refractivity contribution >= 4 is 46.7 Å². The van der Waals surface area contributed by atoms with Gasteiger partial charge >= 0.3 is 5.69 Å². The summed E-state index contributed by atoms with van der Waals surface area (Å²) in [6.45, 7) is 6.98. The van der Waals surface area contributed by atoms with Crippen molar-refractivity contribution in [2.45, 2.75) is 56.6 Å². The molecule has 0 saturated carbocycles. The average molecular weight is 866 g/mol. The van der Waals surface area contributed by atoms with Gasteiger partial charge in [0, 0.05) is 128 Å². The number of allylic oxidation sites excluding steroid dienone is 2. The molecule has 1 atom stereocenters. The van der Waals surface area contributed by atoms with Crippen molar-refractivity contribution in [3.63, 3.8) is 0 Å². The van der Waals surface area contributed by atoms with E-state index in [9.17, 15) is 24.3 Å². The van der Waals surface area contributed by atoms with Gasteiger partial charge in [0.05, 0.1) is 22.4 Å². The van der Waals surface area contributed by atoms with E-state index in [4.69, 9.17) is 21.9 Å². The fourth-order valence-corrected chi connectivity index (χ4v) is 10.1. The van der Waals surface area contributed by atoms with Crippen molar-refractivity contribution in [2.24, 2.45) is 40.6 Å². The number of hydrogen-bond donors (Lipinski definition) is 5. The summed E-state index contributed by atoms with van der Waals surface area (Å²) in [7, 11) is 4.93. The molecule has 7 rings (SSSR count). The highest BCUT2D eigenvalue weighted by molar-refractivity contribution is 5.92. The van der Waals surface area contributed by atoms with Crippen LogP contribution < -0.4 is 33.1 Å². The number of aryl methyl sites for hydroxylation is 1. The zero-order valence-corrected chi connectivity index (χ0v) is 36.7. The molecule has 5 heterocycles. The number of aliphatic imine (C=N–C) groups is 1. The van der Waals surface area contributed by atoms with Crippen LogP contribution in [-0.2, 0) is 26.2 Å². The monoisotopic (exact) mass is 865 g/mol. The van der Waals surface area contributed by atoms with Gasteiger partial charge in [0.15, 0.2) is 11.5 Å². The molecular weight excluding hydrogens is 803 g/mol. The fraction of sp³-hybridized carbons (Fsp3) is 0.500. The number of rotatable bonds is 16. The molecule has 1 aromatic heterocycles. The molecule has 1 spiro atoms. The summed E-state index contributed by atoms with van der Waals surface area (Å²) < 4.78 is 9.49. The lowest BCUT2D eigenvalue weighted by Crippen LogP contribution is -2.75. The summed E-state index contributed by atoms with van der Waals surface area (Å²) in [5, 5.41) is 13.0. The Morgan fingerprint density at radius 2 is 1.73 bits per heavy atom. The molecule has 2 amide bonds. The zero-order valence-electron chi connectivity index (χ0n) is 36.7. The average Bonchev–Trinajstić information content (AvgIpc) is 3.52. The van der Waals surface area contributed by atoms with Crippen LogP contribution in [0.5, 0.6) is 5.75 Å². The Bertz CT molecular complexity index is 2330. The quantitative estimate of drug-likeness (QED) is 0.0606. The third kappa shape index (κ3) is 9.15. The summed E-state index contributed by atoms with van der Waals surface area (Å²) in [5.74, 6) is 0.446. The summed E-state index contributed by atoms with van der Waals surface area (Å²) >= 11 is 0. The van der Waals surface area contributed by atoms with Crippen LogP contribution in [0, 0.1) is 11.3 Å². The first kappa shape index (κ1) is 44.8. The minimum absolute atomic E-state index is 0.0539. The van der Waals surface area contributed by atoms with E-state index in [1.807, 2.05) is 23.1 Å². The molecule has 338 valence electrons. The van der Waals surface area contributed by atoms with E-state index < -0.39 is 11.6 Å². The van der Waals surface area contributed by atoms with Gasteiger partial charge in [0.2, 0.25) is 5.91 Å². The van der Waals surface area contributed by atoms with Crippen molar-refractivity contribution in [1.29, 1.82) is 0 Å². The number of likely N-dealkylation sites (tertiary alicyclic amines) is 3. The number of nitrogens with zero attached hydrogens (tertiary/aromatic N) is 7. The largest absolute Gasteiger partial charge is 0.507 e. The number of phenols is 1. The van der Waals surface area contributed by atoms with Crippen molar-refractivity contribution in [1.82, 2.24) is 29.2 Å². The molecular formula is C46H63N11O6. The lowest BCUT2D eigenvalue weighted by molar-refractivity contribution is -0.183. The number of para-hydroxylation sites is 2. The Morgan fingerprint density at radius 1 is 1.02 bits per heavy atom. The molecule has 0 bridgehead atoms. The Hall–Kier alpha value is -6.23. The number of carbonyl (C=O) groups is 3. The van der Waals surface area contributed by atoms with Crippen molar-refractivity contribution in [2.75, 3.05) is 77.9 Å². The van der Waals surface area contributed by atoms with Crippen molar-refractivity contribution in [3.8, 4) is 5.75 Å². The van der Waals surface area contributed by atoms with Crippen LogP contribution in [0.4, 0.5) is 5.69 Å². The number of piperidine rings is 2. The maximum absolute atomic E-state index is 14.3. The lowest BCUT2D eigenvalue weighted by atomic mass is 9.71. The predicted octanol–water partition coefficient (Wildman–Crippen LogP) is 2.21. The van der Waals surface area contributed by atoms with E-state index in [-0.39, 0.29) is 47.4 Å². The van der Waals surface area contributed by atoms with Gasteiger partial charge in [-0.05, 0) is 68.5 Å². The number of aromatic hydroxyl groups is 1. The first-order valence-electron chi connectivity index (χ1n) is 22.0. The maximum atomic E-state index is 14.3. The number of nitrogens with one attached hydrogen (secondary N) is 1. The molecule has 4 aliphatic rings. The number of aldehydes is 1. The van der Waals surface area contributed by atoms with Crippen LogP contribution in [0.1, 0.15) is 56.6 Å². The minimum atomic E-state index is -1.14. The Kier molecular flexibility index (Phi) is 13.5. The molecule has 4 aliphatic heterocycles. The van der Waals surface area contributed by atoms with Gasteiger partial charge < -0.3 is 56.8 Å². The minimum Gasteiger partial charge on any atom is -0.507 e. The maximum Gasteiger partial charge on any atom is 0.329 e. The predicted molar refractivity (Wildman–Crippen MR) is 244 cm³/mol. The van der Waals surface area contributed by atoms with E-state index in [0.717, 1.165) is 69.5 Å². The van der Waals surface area contributed by atoms with Gasteiger partial charge in [-0.1, -0.05) is 18.2 Å². The summed E-state index contributed by atoms with van der Waals surface area (Å²) in [5.41, 5.74) is 21.4.